The lowest BCUT2D eigenvalue weighted by Gasteiger charge is -2.07. The standard InChI is InChI=1S/C17H23ClN4OS/c1-2-3-4-10-22-13-20-21-17(22)24-12-16(23)19-9-8-14-6-5-7-15(18)11-14/h5-7,11,13H,2-4,8-10,12H2,1H3,(H,19,23). The van der Waals surface area contributed by atoms with Crippen LogP contribution in [0.4, 0.5) is 0 Å². The summed E-state index contributed by atoms with van der Waals surface area (Å²) in [6, 6.07) is 7.68. The number of rotatable bonds is 10. The topological polar surface area (TPSA) is 59.8 Å². The molecule has 1 aromatic heterocycles. The Morgan fingerprint density at radius 1 is 1.38 bits per heavy atom. The van der Waals surface area contributed by atoms with E-state index in [4.69, 9.17) is 11.6 Å². The van der Waals surface area contributed by atoms with Crippen LogP contribution in [0.1, 0.15) is 31.7 Å². The molecule has 1 N–H and O–H groups in total. The van der Waals surface area contributed by atoms with Gasteiger partial charge in [0.25, 0.3) is 0 Å². The number of aryl methyl sites for hydroxylation is 1. The number of hydrogen-bond donors (Lipinski definition) is 1. The fraction of sp³-hybridized carbons (Fsp3) is 0.471. The first-order chi connectivity index (χ1) is 11.7. The van der Waals surface area contributed by atoms with E-state index in [9.17, 15) is 4.79 Å². The van der Waals surface area contributed by atoms with Crippen LogP contribution in [-0.4, -0.2) is 33.0 Å². The fourth-order valence-corrected chi connectivity index (χ4v) is 3.25. The molecular formula is C17H23ClN4OS. The highest BCUT2D eigenvalue weighted by Crippen LogP contribution is 2.15. The Morgan fingerprint density at radius 2 is 2.25 bits per heavy atom. The summed E-state index contributed by atoms with van der Waals surface area (Å²) in [5.74, 6) is 0.354. The van der Waals surface area contributed by atoms with Gasteiger partial charge in [0, 0.05) is 18.1 Å². The number of carbonyl (C=O) groups is 1. The number of amides is 1. The molecule has 1 heterocycles. The molecule has 2 rings (SSSR count). The lowest BCUT2D eigenvalue weighted by atomic mass is 10.1. The van der Waals surface area contributed by atoms with Gasteiger partial charge in [0.15, 0.2) is 5.16 Å². The summed E-state index contributed by atoms with van der Waals surface area (Å²) >= 11 is 7.37. The molecule has 0 bridgehead atoms. The van der Waals surface area contributed by atoms with Crippen molar-refractivity contribution in [2.45, 2.75) is 44.3 Å². The number of carbonyl (C=O) groups excluding carboxylic acids is 1. The average Bonchev–Trinajstić information content (AvgIpc) is 3.01. The number of benzene rings is 1. The molecule has 130 valence electrons. The second-order valence-corrected chi connectivity index (χ2v) is 6.91. The highest BCUT2D eigenvalue weighted by atomic mass is 35.5. The zero-order valence-electron chi connectivity index (χ0n) is 13.9. The van der Waals surface area contributed by atoms with Gasteiger partial charge in [-0.05, 0) is 30.5 Å². The maximum Gasteiger partial charge on any atom is 0.230 e. The van der Waals surface area contributed by atoms with Gasteiger partial charge < -0.3 is 9.88 Å². The van der Waals surface area contributed by atoms with Crippen LogP contribution in [0, 0.1) is 0 Å². The van der Waals surface area contributed by atoms with Crippen molar-refractivity contribution in [3.63, 3.8) is 0 Å². The van der Waals surface area contributed by atoms with Crippen molar-refractivity contribution < 1.29 is 4.79 Å². The minimum atomic E-state index is 0.00476. The van der Waals surface area contributed by atoms with Crippen molar-refractivity contribution in [2.24, 2.45) is 0 Å². The zero-order valence-corrected chi connectivity index (χ0v) is 15.4. The Balaban J connectivity index is 1.69. The number of aromatic nitrogens is 3. The van der Waals surface area contributed by atoms with Crippen LogP contribution in [0.2, 0.25) is 5.02 Å². The summed E-state index contributed by atoms with van der Waals surface area (Å²) in [4.78, 5) is 12.0. The van der Waals surface area contributed by atoms with E-state index in [2.05, 4.69) is 22.4 Å². The van der Waals surface area contributed by atoms with Gasteiger partial charge in [-0.2, -0.15) is 0 Å². The van der Waals surface area contributed by atoms with E-state index in [0.717, 1.165) is 35.1 Å². The molecule has 0 aliphatic rings. The Bertz CT molecular complexity index is 647. The Kier molecular flexibility index (Phi) is 8.12. The third-order valence-corrected chi connectivity index (χ3v) is 4.76. The quantitative estimate of drug-likeness (QED) is 0.515. The monoisotopic (exact) mass is 366 g/mol. The van der Waals surface area contributed by atoms with Crippen LogP contribution >= 0.6 is 23.4 Å². The van der Waals surface area contributed by atoms with Crippen LogP contribution < -0.4 is 5.32 Å². The van der Waals surface area contributed by atoms with E-state index in [0.29, 0.717) is 12.3 Å². The second kappa shape index (κ2) is 10.4. The summed E-state index contributed by atoms with van der Waals surface area (Å²) in [6.45, 7) is 3.68. The third-order valence-electron chi connectivity index (χ3n) is 3.54. The molecular weight excluding hydrogens is 344 g/mol. The highest BCUT2D eigenvalue weighted by molar-refractivity contribution is 7.99. The average molecular weight is 367 g/mol. The van der Waals surface area contributed by atoms with Gasteiger partial charge in [0.2, 0.25) is 5.91 Å². The van der Waals surface area contributed by atoms with Crippen molar-refractivity contribution in [3.8, 4) is 0 Å². The van der Waals surface area contributed by atoms with Crippen molar-refractivity contribution >= 4 is 29.3 Å². The van der Waals surface area contributed by atoms with E-state index < -0.39 is 0 Å². The first-order valence-electron chi connectivity index (χ1n) is 8.20. The van der Waals surface area contributed by atoms with Gasteiger partial charge in [-0.3, -0.25) is 4.79 Å². The molecule has 0 saturated carbocycles. The maximum absolute atomic E-state index is 12.0. The SMILES string of the molecule is CCCCCn1cnnc1SCC(=O)NCCc1cccc(Cl)c1. The van der Waals surface area contributed by atoms with E-state index in [1.54, 1.807) is 6.33 Å². The van der Waals surface area contributed by atoms with Gasteiger partial charge in [-0.1, -0.05) is 55.3 Å². The lowest BCUT2D eigenvalue weighted by Crippen LogP contribution is -2.27. The van der Waals surface area contributed by atoms with Crippen molar-refractivity contribution in [3.05, 3.63) is 41.2 Å². The molecule has 0 aliphatic heterocycles. The van der Waals surface area contributed by atoms with Crippen molar-refractivity contribution in [2.75, 3.05) is 12.3 Å². The number of hydrogen-bond acceptors (Lipinski definition) is 4. The molecule has 0 unspecified atom stereocenters. The predicted molar refractivity (Wildman–Crippen MR) is 98.4 cm³/mol. The number of nitrogens with zero attached hydrogens (tertiary/aromatic N) is 3. The van der Waals surface area contributed by atoms with Crippen LogP contribution in [-0.2, 0) is 17.8 Å². The van der Waals surface area contributed by atoms with Crippen LogP contribution in [0.5, 0.6) is 0 Å². The lowest BCUT2D eigenvalue weighted by molar-refractivity contribution is -0.118. The summed E-state index contributed by atoms with van der Waals surface area (Å²) in [7, 11) is 0. The van der Waals surface area contributed by atoms with E-state index in [1.807, 2.05) is 28.8 Å². The molecule has 0 radical (unpaired) electrons. The summed E-state index contributed by atoms with van der Waals surface area (Å²) in [5.41, 5.74) is 1.12. The molecule has 1 aromatic carbocycles. The summed E-state index contributed by atoms with van der Waals surface area (Å²) in [6.07, 6.45) is 5.97. The number of unbranched alkanes of at least 4 members (excludes halogenated alkanes) is 2. The predicted octanol–water partition coefficient (Wildman–Crippen LogP) is 3.57. The molecule has 1 amide bonds. The minimum Gasteiger partial charge on any atom is -0.355 e. The van der Waals surface area contributed by atoms with Gasteiger partial charge >= 0.3 is 0 Å². The fourth-order valence-electron chi connectivity index (χ4n) is 2.26. The number of nitrogens with one attached hydrogen (secondary N) is 1. The molecule has 0 spiro atoms. The minimum absolute atomic E-state index is 0.00476. The normalized spacial score (nSPS) is 10.8. The van der Waals surface area contributed by atoms with Crippen LogP contribution in [0.3, 0.4) is 0 Å². The third kappa shape index (κ3) is 6.53. The molecule has 24 heavy (non-hydrogen) atoms. The molecule has 0 fully saturated rings. The number of halogens is 1. The highest BCUT2D eigenvalue weighted by Gasteiger charge is 2.08. The molecule has 2 aromatic rings. The molecule has 5 nitrogen and oxygen atoms in total. The second-order valence-electron chi connectivity index (χ2n) is 5.53. The first kappa shape index (κ1) is 18.8. The molecule has 0 atom stereocenters. The van der Waals surface area contributed by atoms with Gasteiger partial charge in [0.05, 0.1) is 5.75 Å². The largest absolute Gasteiger partial charge is 0.355 e. The van der Waals surface area contributed by atoms with Gasteiger partial charge in [-0.25, -0.2) is 0 Å². The van der Waals surface area contributed by atoms with Crippen LogP contribution in [0.15, 0.2) is 35.7 Å². The van der Waals surface area contributed by atoms with Gasteiger partial charge in [0.1, 0.15) is 6.33 Å². The zero-order chi connectivity index (χ0) is 17.2. The summed E-state index contributed by atoms with van der Waals surface area (Å²) < 4.78 is 2.01. The first-order valence-corrected chi connectivity index (χ1v) is 9.57. The summed E-state index contributed by atoms with van der Waals surface area (Å²) in [5, 5.41) is 12.5. The van der Waals surface area contributed by atoms with Crippen molar-refractivity contribution in [1.29, 1.82) is 0 Å². The Hall–Kier alpha value is -1.53. The number of thioether (sulfide) groups is 1. The molecule has 0 aliphatic carbocycles. The van der Waals surface area contributed by atoms with E-state index >= 15 is 0 Å². The van der Waals surface area contributed by atoms with E-state index in [1.165, 1.54) is 24.6 Å². The maximum atomic E-state index is 12.0. The smallest absolute Gasteiger partial charge is 0.230 e. The Morgan fingerprint density at radius 3 is 3.04 bits per heavy atom. The van der Waals surface area contributed by atoms with Crippen LogP contribution in [0.25, 0.3) is 0 Å². The van der Waals surface area contributed by atoms with Crippen molar-refractivity contribution in [1.82, 2.24) is 20.1 Å². The van der Waals surface area contributed by atoms with Gasteiger partial charge in [-0.15, -0.1) is 10.2 Å². The molecule has 7 heteroatoms. The molecule has 0 saturated heterocycles. The Labute approximate surface area is 152 Å². The van der Waals surface area contributed by atoms with E-state index in [-0.39, 0.29) is 5.91 Å².